The Morgan fingerprint density at radius 2 is 1.90 bits per heavy atom. The van der Waals surface area contributed by atoms with Crippen LogP contribution >= 0.6 is 0 Å². The number of rotatable bonds is 8. The van der Waals surface area contributed by atoms with Gasteiger partial charge >= 0.3 is 0 Å². The average molecular weight is 430 g/mol. The van der Waals surface area contributed by atoms with Crippen LogP contribution in [0.15, 0.2) is 42.5 Å². The number of benzene rings is 2. The molecule has 3 aromatic rings. The number of aromatic nitrogens is 1. The summed E-state index contributed by atoms with van der Waals surface area (Å²) in [6.07, 6.45) is 0. The van der Waals surface area contributed by atoms with Gasteiger partial charge in [-0.2, -0.15) is 5.26 Å². The fraction of sp³-hybridized carbons (Fsp3) is 0.318. The molecule has 0 bridgehead atoms. The molecule has 8 heteroatoms. The average Bonchev–Trinajstić information content (AvgIpc) is 3.05. The highest BCUT2D eigenvalue weighted by Crippen LogP contribution is 2.35. The van der Waals surface area contributed by atoms with E-state index in [1.54, 1.807) is 44.2 Å². The Morgan fingerprint density at radius 1 is 1.20 bits per heavy atom. The molecule has 0 saturated heterocycles. The zero-order valence-corrected chi connectivity index (χ0v) is 18.0. The standard InChI is InChI=1S/C22H24FN3O3S/c1-4-26-21-13-18(29-12-11-23)9-10-19(21)20(14-24)22(26)16-5-7-17(8-6-16)25-30(27,28)15(2)3/h5-10,13,15,25H,4,11-12H2,1-3H3. The molecule has 0 spiro atoms. The fourth-order valence-electron chi connectivity index (χ4n) is 3.30. The number of nitrogens with zero attached hydrogens (tertiary/aromatic N) is 2. The molecule has 0 unspecified atom stereocenters. The Labute approximate surface area is 175 Å². The first-order chi connectivity index (χ1) is 14.3. The van der Waals surface area contributed by atoms with Crippen LogP contribution in [-0.4, -0.2) is 31.5 Å². The highest BCUT2D eigenvalue weighted by molar-refractivity contribution is 7.93. The number of hydrogen-bond donors (Lipinski definition) is 1. The smallest absolute Gasteiger partial charge is 0.235 e. The van der Waals surface area contributed by atoms with Crippen molar-refractivity contribution in [3.63, 3.8) is 0 Å². The first kappa shape index (κ1) is 21.7. The molecular weight excluding hydrogens is 405 g/mol. The van der Waals surface area contributed by atoms with Crippen LogP contribution in [-0.2, 0) is 16.6 Å². The van der Waals surface area contributed by atoms with Crippen LogP contribution in [0, 0.1) is 11.3 Å². The Kier molecular flexibility index (Phi) is 6.32. The molecule has 30 heavy (non-hydrogen) atoms. The van der Waals surface area contributed by atoms with E-state index < -0.39 is 21.9 Å². The van der Waals surface area contributed by atoms with Gasteiger partial charge in [0.2, 0.25) is 10.0 Å². The molecule has 0 aliphatic heterocycles. The SMILES string of the molecule is CCn1c(-c2ccc(NS(=O)(=O)C(C)C)cc2)c(C#N)c2ccc(OCCF)cc21. The Balaban J connectivity index is 2.08. The second-order valence-electron chi connectivity index (χ2n) is 7.07. The lowest BCUT2D eigenvalue weighted by Crippen LogP contribution is -2.22. The Bertz CT molecular complexity index is 1190. The first-order valence-corrected chi connectivity index (χ1v) is 11.2. The van der Waals surface area contributed by atoms with Crippen LogP contribution in [0.2, 0.25) is 0 Å². The van der Waals surface area contributed by atoms with Crippen molar-refractivity contribution in [3.8, 4) is 23.1 Å². The van der Waals surface area contributed by atoms with Crippen molar-refractivity contribution >= 4 is 26.6 Å². The number of nitriles is 1. The van der Waals surface area contributed by atoms with Crippen LogP contribution < -0.4 is 9.46 Å². The maximum absolute atomic E-state index is 12.4. The highest BCUT2D eigenvalue weighted by Gasteiger charge is 2.19. The molecule has 0 radical (unpaired) electrons. The topological polar surface area (TPSA) is 84.1 Å². The Hall–Kier alpha value is -3.05. The van der Waals surface area contributed by atoms with Gasteiger partial charge in [0.15, 0.2) is 0 Å². The van der Waals surface area contributed by atoms with Gasteiger partial charge in [0.25, 0.3) is 0 Å². The van der Waals surface area contributed by atoms with Crippen LogP contribution in [0.1, 0.15) is 26.3 Å². The van der Waals surface area contributed by atoms with Gasteiger partial charge in [0.05, 0.1) is 22.0 Å². The highest BCUT2D eigenvalue weighted by atomic mass is 32.2. The molecule has 6 nitrogen and oxygen atoms in total. The zero-order valence-electron chi connectivity index (χ0n) is 17.1. The lowest BCUT2D eigenvalue weighted by molar-refractivity contribution is 0.273. The number of aryl methyl sites for hydroxylation is 1. The van der Waals surface area contributed by atoms with Crippen LogP contribution in [0.3, 0.4) is 0 Å². The maximum Gasteiger partial charge on any atom is 0.235 e. The van der Waals surface area contributed by atoms with Gasteiger partial charge in [-0.25, -0.2) is 12.8 Å². The third-order valence-corrected chi connectivity index (χ3v) is 6.61. The minimum Gasteiger partial charge on any atom is -0.491 e. The van der Waals surface area contributed by atoms with E-state index >= 15 is 0 Å². The molecule has 0 aliphatic rings. The quantitative estimate of drug-likeness (QED) is 0.563. The second kappa shape index (κ2) is 8.76. The molecule has 1 heterocycles. The first-order valence-electron chi connectivity index (χ1n) is 9.69. The van der Waals surface area contributed by atoms with Crippen molar-refractivity contribution in [1.29, 1.82) is 5.26 Å². The molecular formula is C22H24FN3O3S. The molecule has 0 saturated carbocycles. The summed E-state index contributed by atoms with van der Waals surface area (Å²) in [6, 6.07) is 14.6. The monoisotopic (exact) mass is 429 g/mol. The summed E-state index contributed by atoms with van der Waals surface area (Å²) in [6.45, 7) is 5.22. The molecule has 0 atom stereocenters. The number of alkyl halides is 1. The summed E-state index contributed by atoms with van der Waals surface area (Å²) < 4.78 is 46.6. The molecule has 0 aliphatic carbocycles. The molecule has 0 fully saturated rings. The van der Waals surface area contributed by atoms with Crippen molar-refractivity contribution in [2.75, 3.05) is 18.0 Å². The third-order valence-electron chi connectivity index (χ3n) is 4.85. The largest absolute Gasteiger partial charge is 0.491 e. The normalized spacial score (nSPS) is 11.6. The minimum absolute atomic E-state index is 0.0238. The predicted octanol–water partition coefficient (Wildman–Crippen LogP) is 4.70. The molecule has 158 valence electrons. The summed E-state index contributed by atoms with van der Waals surface area (Å²) >= 11 is 0. The van der Waals surface area contributed by atoms with E-state index in [0.29, 0.717) is 23.5 Å². The minimum atomic E-state index is -3.44. The van der Waals surface area contributed by atoms with Crippen molar-refractivity contribution in [2.45, 2.75) is 32.6 Å². The van der Waals surface area contributed by atoms with E-state index in [1.165, 1.54) is 0 Å². The van der Waals surface area contributed by atoms with E-state index in [4.69, 9.17) is 4.74 Å². The number of ether oxygens (including phenoxy) is 1. The molecule has 1 aromatic heterocycles. The second-order valence-corrected chi connectivity index (χ2v) is 9.31. The van der Waals surface area contributed by atoms with Crippen LogP contribution in [0.4, 0.5) is 10.1 Å². The van der Waals surface area contributed by atoms with Crippen molar-refractivity contribution < 1.29 is 17.5 Å². The Morgan fingerprint density at radius 3 is 2.47 bits per heavy atom. The summed E-state index contributed by atoms with van der Waals surface area (Å²) in [5, 5.41) is 10.1. The number of halogens is 1. The molecule has 0 amide bonds. The number of nitrogens with one attached hydrogen (secondary N) is 1. The predicted molar refractivity (Wildman–Crippen MR) is 117 cm³/mol. The molecule has 1 N–H and O–H groups in total. The van der Waals surface area contributed by atoms with Crippen LogP contribution in [0.5, 0.6) is 5.75 Å². The van der Waals surface area contributed by atoms with Gasteiger partial charge in [-0.15, -0.1) is 0 Å². The van der Waals surface area contributed by atoms with Crippen LogP contribution in [0.25, 0.3) is 22.2 Å². The van der Waals surface area contributed by atoms with Crippen molar-refractivity contribution in [1.82, 2.24) is 4.57 Å². The summed E-state index contributed by atoms with van der Waals surface area (Å²) in [5.74, 6) is 0.543. The lowest BCUT2D eigenvalue weighted by atomic mass is 10.1. The molecule has 3 rings (SSSR count). The van der Waals surface area contributed by atoms with Crippen molar-refractivity contribution in [2.24, 2.45) is 0 Å². The van der Waals surface area contributed by atoms with E-state index in [1.807, 2.05) is 23.6 Å². The fourth-order valence-corrected chi connectivity index (χ4v) is 4.00. The maximum atomic E-state index is 12.4. The van der Waals surface area contributed by atoms with E-state index in [-0.39, 0.29) is 6.61 Å². The van der Waals surface area contributed by atoms with Gasteiger partial charge in [-0.1, -0.05) is 12.1 Å². The van der Waals surface area contributed by atoms with E-state index in [2.05, 4.69) is 10.8 Å². The van der Waals surface area contributed by atoms with Crippen molar-refractivity contribution in [3.05, 3.63) is 48.0 Å². The van der Waals surface area contributed by atoms with Gasteiger partial charge in [-0.05, 0) is 50.6 Å². The zero-order chi connectivity index (χ0) is 21.9. The summed E-state index contributed by atoms with van der Waals surface area (Å²) in [7, 11) is -3.44. The lowest BCUT2D eigenvalue weighted by Gasteiger charge is -2.12. The molecule has 2 aromatic carbocycles. The number of fused-ring (bicyclic) bond motifs is 1. The van der Waals surface area contributed by atoms with E-state index in [0.717, 1.165) is 22.2 Å². The number of sulfonamides is 1. The van der Waals surface area contributed by atoms with Gasteiger partial charge in [0, 0.05) is 23.7 Å². The van der Waals surface area contributed by atoms with E-state index in [9.17, 15) is 18.1 Å². The summed E-state index contributed by atoms with van der Waals surface area (Å²) in [4.78, 5) is 0. The van der Waals surface area contributed by atoms with Gasteiger partial charge < -0.3 is 9.30 Å². The number of hydrogen-bond acceptors (Lipinski definition) is 4. The third kappa shape index (κ3) is 4.12. The van der Waals surface area contributed by atoms with Gasteiger partial charge in [-0.3, -0.25) is 4.72 Å². The van der Waals surface area contributed by atoms with Gasteiger partial charge in [0.1, 0.15) is 25.1 Å². The summed E-state index contributed by atoms with van der Waals surface area (Å²) in [5.41, 5.74) is 3.36. The number of anilines is 1.